The molecule has 1 aromatic rings. The van der Waals surface area contributed by atoms with Crippen LogP contribution in [0.15, 0.2) is 23.3 Å². The number of hydrazone groups is 1. The number of nitrogens with one attached hydrogen (secondary N) is 1. The van der Waals surface area contributed by atoms with Crippen molar-refractivity contribution in [3.63, 3.8) is 0 Å². The van der Waals surface area contributed by atoms with Crippen molar-refractivity contribution in [2.24, 2.45) is 10.8 Å². The molecule has 0 spiro atoms. The summed E-state index contributed by atoms with van der Waals surface area (Å²) in [6, 6.07) is 3.03. The maximum absolute atomic E-state index is 11.1. The highest BCUT2D eigenvalue weighted by atomic mass is 16.3. The molecular formula is C10H13N3O4. The van der Waals surface area contributed by atoms with Gasteiger partial charge < -0.3 is 21.1 Å². The van der Waals surface area contributed by atoms with E-state index in [0.717, 1.165) is 0 Å². The highest BCUT2D eigenvalue weighted by Gasteiger charge is 2.09. The predicted octanol–water partition coefficient (Wildman–Crippen LogP) is -1.13. The lowest BCUT2D eigenvalue weighted by Crippen LogP contribution is -2.40. The molecule has 7 nitrogen and oxygen atoms in total. The fourth-order valence-electron chi connectivity index (χ4n) is 0.957. The molecule has 6 N–H and O–H groups in total. The van der Waals surface area contributed by atoms with E-state index in [1.54, 1.807) is 0 Å². The summed E-state index contributed by atoms with van der Waals surface area (Å²) in [5.41, 5.74) is 7.83. The van der Waals surface area contributed by atoms with Crippen LogP contribution in [0.3, 0.4) is 0 Å². The number of hydrogen-bond acceptors (Lipinski definition) is 6. The van der Waals surface area contributed by atoms with Crippen LogP contribution in [-0.4, -0.2) is 40.1 Å². The van der Waals surface area contributed by atoms with Crippen molar-refractivity contribution in [2.45, 2.75) is 6.04 Å². The number of carbonyl (C=O) groups excluding carboxylic acids is 1. The van der Waals surface area contributed by atoms with Gasteiger partial charge in [0.05, 0.1) is 12.8 Å². The first-order valence-electron chi connectivity index (χ1n) is 4.76. The van der Waals surface area contributed by atoms with Crippen molar-refractivity contribution in [1.29, 1.82) is 0 Å². The van der Waals surface area contributed by atoms with E-state index in [1.165, 1.54) is 24.4 Å². The second-order valence-corrected chi connectivity index (χ2v) is 3.27. The number of nitrogens with zero attached hydrogens (tertiary/aromatic N) is 1. The van der Waals surface area contributed by atoms with Gasteiger partial charge in [0.15, 0.2) is 11.5 Å². The number of rotatable bonds is 4. The first kappa shape index (κ1) is 12.9. The van der Waals surface area contributed by atoms with Gasteiger partial charge in [0.25, 0.3) is 5.91 Å². The van der Waals surface area contributed by atoms with Gasteiger partial charge in [-0.05, 0) is 23.8 Å². The Morgan fingerprint density at radius 2 is 2.18 bits per heavy atom. The van der Waals surface area contributed by atoms with Crippen molar-refractivity contribution in [1.82, 2.24) is 5.43 Å². The van der Waals surface area contributed by atoms with Crippen molar-refractivity contribution in [3.8, 4) is 11.5 Å². The zero-order valence-corrected chi connectivity index (χ0v) is 8.87. The van der Waals surface area contributed by atoms with Crippen LogP contribution in [0.5, 0.6) is 11.5 Å². The van der Waals surface area contributed by atoms with Gasteiger partial charge in [0.1, 0.15) is 6.04 Å². The number of phenols is 2. The Balaban J connectivity index is 2.59. The predicted molar refractivity (Wildman–Crippen MR) is 60.6 cm³/mol. The van der Waals surface area contributed by atoms with Gasteiger partial charge in [-0.15, -0.1) is 0 Å². The molecule has 1 unspecified atom stereocenters. The lowest BCUT2D eigenvalue weighted by molar-refractivity contribution is -0.123. The lowest BCUT2D eigenvalue weighted by atomic mass is 10.2. The zero-order chi connectivity index (χ0) is 12.8. The largest absolute Gasteiger partial charge is 0.504 e. The van der Waals surface area contributed by atoms with Crippen molar-refractivity contribution < 1.29 is 20.1 Å². The molecule has 0 saturated heterocycles. The molecule has 0 aromatic heterocycles. The van der Waals surface area contributed by atoms with Crippen LogP contribution in [0.4, 0.5) is 0 Å². The van der Waals surface area contributed by atoms with Crippen LogP contribution in [0.2, 0.25) is 0 Å². The highest BCUT2D eigenvalue weighted by molar-refractivity contribution is 5.85. The van der Waals surface area contributed by atoms with E-state index < -0.39 is 18.6 Å². The Bertz CT molecular complexity index is 434. The van der Waals surface area contributed by atoms with E-state index in [1.807, 2.05) is 0 Å². The maximum atomic E-state index is 11.1. The molecule has 17 heavy (non-hydrogen) atoms. The van der Waals surface area contributed by atoms with Gasteiger partial charge in [0.2, 0.25) is 0 Å². The number of phenolic OH excluding ortho intramolecular Hbond substituents is 2. The number of benzene rings is 1. The molecule has 0 bridgehead atoms. The minimum absolute atomic E-state index is 0.242. The van der Waals surface area contributed by atoms with Crippen molar-refractivity contribution in [2.75, 3.05) is 6.61 Å². The number of aliphatic hydroxyl groups excluding tert-OH is 1. The number of hydrogen-bond donors (Lipinski definition) is 5. The van der Waals surface area contributed by atoms with E-state index in [0.29, 0.717) is 5.56 Å². The minimum Gasteiger partial charge on any atom is -0.504 e. The summed E-state index contributed by atoms with van der Waals surface area (Å²) < 4.78 is 0. The van der Waals surface area contributed by atoms with Crippen molar-refractivity contribution in [3.05, 3.63) is 23.8 Å². The van der Waals surface area contributed by atoms with E-state index >= 15 is 0 Å². The second kappa shape index (κ2) is 5.83. The van der Waals surface area contributed by atoms with Crippen LogP contribution in [0.1, 0.15) is 5.56 Å². The van der Waals surface area contributed by atoms with Gasteiger partial charge in [-0.2, -0.15) is 5.10 Å². The topological polar surface area (TPSA) is 128 Å². The molecule has 0 saturated carbocycles. The summed E-state index contributed by atoms with van der Waals surface area (Å²) in [4.78, 5) is 11.1. The van der Waals surface area contributed by atoms with Gasteiger partial charge in [-0.25, -0.2) is 5.43 Å². The summed E-state index contributed by atoms with van der Waals surface area (Å²) in [5.74, 6) is -1.15. The molecule has 7 heteroatoms. The molecule has 92 valence electrons. The Labute approximate surface area is 97.2 Å². The monoisotopic (exact) mass is 239 g/mol. The SMILES string of the molecule is NC(CO)C(=O)N/N=C/c1ccc(O)c(O)c1. The quantitative estimate of drug-likeness (QED) is 0.258. The molecule has 0 aliphatic rings. The number of aromatic hydroxyl groups is 2. The Morgan fingerprint density at radius 3 is 2.76 bits per heavy atom. The number of carbonyl (C=O) groups is 1. The summed E-state index contributed by atoms with van der Waals surface area (Å²) in [7, 11) is 0. The highest BCUT2D eigenvalue weighted by Crippen LogP contribution is 2.23. The van der Waals surface area contributed by atoms with E-state index in [-0.39, 0.29) is 11.5 Å². The molecule has 1 aromatic carbocycles. The van der Waals surface area contributed by atoms with Crippen LogP contribution in [-0.2, 0) is 4.79 Å². The normalized spacial score (nSPS) is 12.6. The maximum Gasteiger partial charge on any atom is 0.259 e. The molecule has 0 heterocycles. The van der Waals surface area contributed by atoms with E-state index in [4.69, 9.17) is 15.9 Å². The van der Waals surface area contributed by atoms with E-state index in [2.05, 4.69) is 10.5 Å². The van der Waals surface area contributed by atoms with Crippen LogP contribution < -0.4 is 11.2 Å². The molecule has 0 aliphatic carbocycles. The fourth-order valence-corrected chi connectivity index (χ4v) is 0.957. The van der Waals surface area contributed by atoms with Gasteiger partial charge in [0, 0.05) is 0 Å². The third-order valence-electron chi connectivity index (χ3n) is 1.92. The number of nitrogens with two attached hydrogens (primary N) is 1. The third kappa shape index (κ3) is 3.74. The number of aliphatic hydroxyl groups is 1. The summed E-state index contributed by atoms with van der Waals surface area (Å²) >= 11 is 0. The van der Waals surface area contributed by atoms with Crippen LogP contribution in [0.25, 0.3) is 0 Å². The van der Waals surface area contributed by atoms with Gasteiger partial charge in [-0.1, -0.05) is 0 Å². The van der Waals surface area contributed by atoms with Gasteiger partial charge >= 0.3 is 0 Å². The number of amides is 1. The average molecular weight is 239 g/mol. The van der Waals surface area contributed by atoms with E-state index in [9.17, 15) is 9.90 Å². The first-order valence-corrected chi connectivity index (χ1v) is 4.76. The molecule has 1 atom stereocenters. The molecule has 1 rings (SSSR count). The summed E-state index contributed by atoms with van der Waals surface area (Å²) in [5, 5.41) is 30.4. The third-order valence-corrected chi connectivity index (χ3v) is 1.92. The first-order chi connectivity index (χ1) is 8.04. The Hall–Kier alpha value is -2.12. The Kier molecular flexibility index (Phi) is 4.44. The molecule has 0 radical (unpaired) electrons. The zero-order valence-electron chi connectivity index (χ0n) is 8.87. The molecule has 0 aliphatic heterocycles. The van der Waals surface area contributed by atoms with Crippen LogP contribution in [0, 0.1) is 0 Å². The lowest BCUT2D eigenvalue weighted by Gasteiger charge is -2.04. The van der Waals surface area contributed by atoms with Gasteiger partial charge in [-0.3, -0.25) is 4.79 Å². The van der Waals surface area contributed by atoms with Crippen LogP contribution >= 0.6 is 0 Å². The smallest absolute Gasteiger partial charge is 0.259 e. The summed E-state index contributed by atoms with van der Waals surface area (Å²) in [6.45, 7) is -0.471. The molecule has 0 fully saturated rings. The average Bonchev–Trinajstić information content (AvgIpc) is 2.32. The minimum atomic E-state index is -1.03. The summed E-state index contributed by atoms with van der Waals surface area (Å²) in [6.07, 6.45) is 1.27. The molecule has 1 amide bonds. The fraction of sp³-hybridized carbons (Fsp3) is 0.200. The second-order valence-electron chi connectivity index (χ2n) is 3.27. The molecular weight excluding hydrogens is 226 g/mol. The standard InChI is InChI=1S/C10H13N3O4/c11-7(5-14)10(17)13-12-4-6-1-2-8(15)9(16)3-6/h1-4,7,14-16H,5,11H2,(H,13,17)/b12-4+. The Morgan fingerprint density at radius 1 is 1.47 bits per heavy atom. The van der Waals surface area contributed by atoms with Crippen molar-refractivity contribution >= 4 is 12.1 Å².